The third-order valence-electron chi connectivity index (χ3n) is 2.57. The van der Waals surface area contributed by atoms with Crippen molar-refractivity contribution in [3.8, 4) is 0 Å². The molecule has 0 aliphatic heterocycles. The third-order valence-corrected chi connectivity index (χ3v) is 5.40. The summed E-state index contributed by atoms with van der Waals surface area (Å²) in [6, 6.07) is 7.46. The molecule has 2 aromatic carbocycles. The Labute approximate surface area is 122 Å². The number of hydrogen-bond donors (Lipinski definition) is 0. The zero-order chi connectivity index (χ0) is 12.2. The van der Waals surface area contributed by atoms with Gasteiger partial charge in [0.25, 0.3) is 0 Å². The highest BCUT2D eigenvalue weighted by Crippen LogP contribution is 2.43. The second-order valence-corrected chi connectivity index (χ2v) is 6.25. The normalized spacial score (nSPS) is 11.5. The molecular weight excluding hydrogens is 318 g/mol. The van der Waals surface area contributed by atoms with Crippen LogP contribution in [-0.4, -0.2) is 0 Å². The Balaban J connectivity index is 2.54. The van der Waals surface area contributed by atoms with Gasteiger partial charge in [0.15, 0.2) is 0 Å². The van der Waals surface area contributed by atoms with E-state index in [1.54, 1.807) is 17.4 Å². The van der Waals surface area contributed by atoms with E-state index in [-0.39, 0.29) is 0 Å². The van der Waals surface area contributed by atoms with E-state index in [9.17, 15) is 0 Å². The van der Waals surface area contributed by atoms with Gasteiger partial charge in [0.1, 0.15) is 0 Å². The number of benzene rings is 2. The van der Waals surface area contributed by atoms with Gasteiger partial charge in [-0.25, -0.2) is 0 Å². The number of halogens is 4. The van der Waals surface area contributed by atoms with Crippen LogP contribution in [0.4, 0.5) is 0 Å². The fourth-order valence-corrected chi connectivity index (χ4v) is 3.83. The molecule has 0 aliphatic rings. The van der Waals surface area contributed by atoms with Crippen LogP contribution in [0, 0.1) is 0 Å². The van der Waals surface area contributed by atoms with Gasteiger partial charge in [-0.15, -0.1) is 11.3 Å². The van der Waals surface area contributed by atoms with E-state index in [0.717, 1.165) is 20.2 Å². The molecule has 3 rings (SSSR count). The summed E-state index contributed by atoms with van der Waals surface area (Å²) in [6.45, 7) is 0. The van der Waals surface area contributed by atoms with Crippen molar-refractivity contribution < 1.29 is 0 Å². The average molecular weight is 322 g/mol. The van der Waals surface area contributed by atoms with Crippen LogP contribution in [0.25, 0.3) is 20.2 Å². The zero-order valence-electron chi connectivity index (χ0n) is 8.23. The van der Waals surface area contributed by atoms with Crippen LogP contribution in [0.15, 0.2) is 24.3 Å². The Kier molecular flexibility index (Phi) is 2.92. The Morgan fingerprint density at radius 3 is 2.24 bits per heavy atom. The van der Waals surface area contributed by atoms with E-state index in [2.05, 4.69) is 0 Å². The highest BCUT2D eigenvalue weighted by Gasteiger charge is 2.12. The molecule has 0 aliphatic carbocycles. The second-order valence-electron chi connectivity index (χ2n) is 3.60. The van der Waals surface area contributed by atoms with Gasteiger partial charge in [-0.2, -0.15) is 0 Å². The molecule has 0 nitrogen and oxygen atoms in total. The molecule has 0 unspecified atom stereocenters. The molecule has 17 heavy (non-hydrogen) atoms. The SMILES string of the molecule is Clc1cc2sc3c(Cl)c(Cl)ccc3c2cc1Cl. The average Bonchev–Trinajstić information content (AvgIpc) is 2.63. The lowest BCUT2D eigenvalue weighted by molar-refractivity contribution is 1.83. The molecule has 0 N–H and O–H groups in total. The first kappa shape index (κ1) is 11.9. The summed E-state index contributed by atoms with van der Waals surface area (Å²) in [5, 5.41) is 4.34. The molecule has 1 aromatic heterocycles. The summed E-state index contributed by atoms with van der Waals surface area (Å²) in [4.78, 5) is 0. The van der Waals surface area contributed by atoms with Gasteiger partial charge in [0, 0.05) is 15.5 Å². The molecule has 0 bridgehead atoms. The Morgan fingerprint density at radius 1 is 0.765 bits per heavy atom. The van der Waals surface area contributed by atoms with Gasteiger partial charge in [0.2, 0.25) is 0 Å². The van der Waals surface area contributed by atoms with Crippen LogP contribution >= 0.6 is 57.7 Å². The maximum absolute atomic E-state index is 6.19. The van der Waals surface area contributed by atoms with Crippen LogP contribution in [0.1, 0.15) is 0 Å². The molecule has 86 valence electrons. The zero-order valence-corrected chi connectivity index (χ0v) is 12.1. The van der Waals surface area contributed by atoms with Gasteiger partial charge in [0.05, 0.1) is 24.8 Å². The van der Waals surface area contributed by atoms with E-state index >= 15 is 0 Å². The monoisotopic (exact) mass is 320 g/mol. The molecule has 0 spiro atoms. The fourth-order valence-electron chi connectivity index (χ4n) is 1.78. The molecule has 0 radical (unpaired) electrons. The standard InChI is InChI=1S/C12H4Cl4S/c13-7-2-1-5-6-3-8(14)9(15)4-10(6)17-12(5)11(7)16/h1-4H. The summed E-state index contributed by atoms with van der Waals surface area (Å²) in [5.74, 6) is 0. The largest absolute Gasteiger partial charge is 0.134 e. The van der Waals surface area contributed by atoms with Crippen molar-refractivity contribution in [1.82, 2.24) is 0 Å². The minimum absolute atomic E-state index is 0.546. The summed E-state index contributed by atoms with van der Waals surface area (Å²) >= 11 is 25.8. The molecule has 0 fully saturated rings. The predicted molar refractivity (Wildman–Crippen MR) is 79.4 cm³/mol. The topological polar surface area (TPSA) is 0 Å². The molecular formula is C12H4Cl4S. The lowest BCUT2D eigenvalue weighted by Gasteiger charge is -1.97. The molecule has 3 aromatic rings. The first-order chi connectivity index (χ1) is 8.08. The van der Waals surface area contributed by atoms with Crippen LogP contribution in [-0.2, 0) is 0 Å². The quantitative estimate of drug-likeness (QED) is 0.434. The van der Waals surface area contributed by atoms with Crippen LogP contribution in [0.2, 0.25) is 20.1 Å². The molecule has 1 heterocycles. The Morgan fingerprint density at radius 2 is 1.47 bits per heavy atom. The number of rotatable bonds is 0. The van der Waals surface area contributed by atoms with Crippen molar-refractivity contribution in [2.75, 3.05) is 0 Å². The maximum Gasteiger partial charge on any atom is 0.0770 e. The van der Waals surface area contributed by atoms with Crippen molar-refractivity contribution in [3.05, 3.63) is 44.4 Å². The van der Waals surface area contributed by atoms with Crippen LogP contribution < -0.4 is 0 Å². The summed E-state index contributed by atoms with van der Waals surface area (Å²) in [7, 11) is 0. The first-order valence-corrected chi connectivity index (χ1v) is 7.06. The van der Waals surface area contributed by atoms with Crippen LogP contribution in [0.3, 0.4) is 0 Å². The number of hydrogen-bond acceptors (Lipinski definition) is 1. The van der Waals surface area contributed by atoms with E-state index in [1.807, 2.05) is 18.2 Å². The van der Waals surface area contributed by atoms with Gasteiger partial charge < -0.3 is 0 Å². The third kappa shape index (κ3) is 1.81. The maximum atomic E-state index is 6.19. The van der Waals surface area contributed by atoms with Crippen molar-refractivity contribution in [2.45, 2.75) is 0 Å². The summed E-state index contributed by atoms with van der Waals surface area (Å²) in [6.07, 6.45) is 0. The highest BCUT2D eigenvalue weighted by molar-refractivity contribution is 7.26. The molecule has 0 atom stereocenters. The van der Waals surface area contributed by atoms with Crippen molar-refractivity contribution in [2.24, 2.45) is 0 Å². The second kappa shape index (κ2) is 4.18. The predicted octanol–water partition coefficient (Wildman–Crippen LogP) is 6.67. The van der Waals surface area contributed by atoms with E-state index < -0.39 is 0 Å². The minimum atomic E-state index is 0.546. The van der Waals surface area contributed by atoms with E-state index in [0.29, 0.717) is 20.1 Å². The van der Waals surface area contributed by atoms with Crippen molar-refractivity contribution in [3.63, 3.8) is 0 Å². The van der Waals surface area contributed by atoms with E-state index in [4.69, 9.17) is 46.4 Å². The van der Waals surface area contributed by atoms with Gasteiger partial charge in [-0.3, -0.25) is 0 Å². The minimum Gasteiger partial charge on any atom is -0.134 e. The number of fused-ring (bicyclic) bond motifs is 3. The molecule has 0 saturated carbocycles. The first-order valence-electron chi connectivity index (χ1n) is 4.73. The van der Waals surface area contributed by atoms with Crippen molar-refractivity contribution in [1.29, 1.82) is 0 Å². The summed E-state index contributed by atoms with van der Waals surface area (Å²) < 4.78 is 2.02. The van der Waals surface area contributed by atoms with Gasteiger partial charge >= 0.3 is 0 Å². The molecule has 0 amide bonds. The van der Waals surface area contributed by atoms with Gasteiger partial charge in [-0.1, -0.05) is 52.5 Å². The van der Waals surface area contributed by atoms with Crippen LogP contribution in [0.5, 0.6) is 0 Å². The highest BCUT2D eigenvalue weighted by atomic mass is 35.5. The lowest BCUT2D eigenvalue weighted by Crippen LogP contribution is -1.71. The lowest BCUT2D eigenvalue weighted by atomic mass is 10.1. The molecule has 5 heteroatoms. The van der Waals surface area contributed by atoms with Crippen molar-refractivity contribution >= 4 is 77.9 Å². The Hall–Kier alpha value is -0.180. The molecule has 0 saturated heterocycles. The smallest absolute Gasteiger partial charge is 0.0770 e. The van der Waals surface area contributed by atoms with E-state index in [1.165, 1.54) is 0 Å². The summed E-state index contributed by atoms with van der Waals surface area (Å²) in [5.41, 5.74) is 0. The fraction of sp³-hybridized carbons (Fsp3) is 0. The Bertz CT molecular complexity index is 745. The number of thiophene rings is 1. The van der Waals surface area contributed by atoms with Gasteiger partial charge in [-0.05, 0) is 18.2 Å².